The smallest absolute Gasteiger partial charge is 0.105 e. The predicted molar refractivity (Wildman–Crippen MR) is 48.8 cm³/mol. The van der Waals surface area contributed by atoms with Crippen LogP contribution in [-0.2, 0) is 0 Å². The molecule has 1 atom stereocenters. The number of rotatable bonds is 5. The Morgan fingerprint density at radius 1 is 1.30 bits per heavy atom. The molecule has 0 aromatic rings. The van der Waals surface area contributed by atoms with E-state index >= 15 is 0 Å². The van der Waals surface area contributed by atoms with E-state index in [-0.39, 0.29) is 4.84 Å². The minimum absolute atomic E-state index is 0.174. The van der Waals surface area contributed by atoms with Crippen LogP contribution in [0.1, 0.15) is 39.5 Å². The molecule has 0 bridgehead atoms. The Bertz CT molecular complexity index is 71.7. The van der Waals surface area contributed by atoms with Gasteiger partial charge >= 0.3 is 0 Å². The van der Waals surface area contributed by atoms with E-state index in [0.717, 1.165) is 6.42 Å². The summed E-state index contributed by atoms with van der Waals surface area (Å²) in [6.45, 7) is 4.40. The summed E-state index contributed by atoms with van der Waals surface area (Å²) in [6, 6.07) is 0. The molecule has 0 aliphatic rings. The van der Waals surface area contributed by atoms with Crippen molar-refractivity contribution < 1.29 is 0 Å². The Kier molecular flexibility index (Phi) is 6.67. The van der Waals surface area contributed by atoms with Gasteiger partial charge in [0.2, 0.25) is 0 Å². The van der Waals surface area contributed by atoms with Crippen molar-refractivity contribution in [2.24, 2.45) is 5.92 Å². The molecule has 0 amide bonds. The van der Waals surface area contributed by atoms with Gasteiger partial charge in [0.25, 0.3) is 0 Å². The van der Waals surface area contributed by atoms with Crippen molar-refractivity contribution in [3.8, 4) is 0 Å². The van der Waals surface area contributed by atoms with Crippen LogP contribution < -0.4 is 0 Å². The molecule has 62 valence electrons. The van der Waals surface area contributed by atoms with E-state index in [2.05, 4.69) is 13.8 Å². The van der Waals surface area contributed by atoms with Crippen molar-refractivity contribution in [1.29, 1.82) is 0 Å². The van der Waals surface area contributed by atoms with Crippen molar-refractivity contribution in [2.45, 2.75) is 44.4 Å². The first-order valence-corrected chi connectivity index (χ1v) is 4.82. The second-order valence-electron chi connectivity index (χ2n) is 2.87. The molecule has 0 aromatic carbocycles. The summed E-state index contributed by atoms with van der Waals surface area (Å²) in [6.07, 6.45) is 4.75. The maximum atomic E-state index is 5.62. The van der Waals surface area contributed by atoms with E-state index in [0.29, 0.717) is 5.92 Å². The zero-order valence-corrected chi connectivity index (χ0v) is 8.25. The third-order valence-electron chi connectivity index (χ3n) is 1.63. The molecule has 0 nitrogen and oxygen atoms in total. The molecule has 0 saturated heterocycles. The molecule has 0 fully saturated rings. The van der Waals surface area contributed by atoms with Gasteiger partial charge in [0.1, 0.15) is 4.84 Å². The summed E-state index contributed by atoms with van der Waals surface area (Å²) < 4.78 is 0. The summed E-state index contributed by atoms with van der Waals surface area (Å²) >= 11 is 11.2. The van der Waals surface area contributed by atoms with Crippen LogP contribution in [0.25, 0.3) is 0 Å². The van der Waals surface area contributed by atoms with Gasteiger partial charge < -0.3 is 0 Å². The molecule has 0 aliphatic carbocycles. The Morgan fingerprint density at radius 2 is 1.90 bits per heavy atom. The average molecular weight is 183 g/mol. The van der Waals surface area contributed by atoms with Crippen LogP contribution in [-0.4, -0.2) is 4.84 Å². The zero-order valence-electron chi connectivity index (χ0n) is 6.74. The number of alkyl halides is 2. The van der Waals surface area contributed by atoms with Crippen LogP contribution >= 0.6 is 23.2 Å². The molecule has 0 aliphatic heterocycles. The van der Waals surface area contributed by atoms with Crippen LogP contribution in [0.5, 0.6) is 0 Å². The SMILES string of the molecule is CCCCC(C)CC(Cl)Cl. The fourth-order valence-corrected chi connectivity index (χ4v) is 1.58. The van der Waals surface area contributed by atoms with Gasteiger partial charge in [-0.3, -0.25) is 0 Å². The molecule has 0 heterocycles. The maximum absolute atomic E-state index is 5.62. The molecule has 1 unspecified atom stereocenters. The normalized spacial score (nSPS) is 14.1. The molecular weight excluding hydrogens is 167 g/mol. The van der Waals surface area contributed by atoms with Crippen LogP contribution in [0, 0.1) is 5.92 Å². The fourth-order valence-electron chi connectivity index (χ4n) is 0.975. The van der Waals surface area contributed by atoms with Gasteiger partial charge in [-0.25, -0.2) is 0 Å². The molecule has 0 saturated carbocycles. The Labute approximate surface area is 73.9 Å². The highest BCUT2D eigenvalue weighted by Crippen LogP contribution is 2.19. The highest BCUT2D eigenvalue weighted by atomic mass is 35.5. The van der Waals surface area contributed by atoms with Gasteiger partial charge in [-0.15, -0.1) is 23.2 Å². The van der Waals surface area contributed by atoms with E-state index in [4.69, 9.17) is 23.2 Å². The topological polar surface area (TPSA) is 0 Å². The molecule has 0 spiro atoms. The number of hydrogen-bond donors (Lipinski definition) is 0. The van der Waals surface area contributed by atoms with Gasteiger partial charge in [0, 0.05) is 0 Å². The largest absolute Gasteiger partial charge is 0.108 e. The number of unbranched alkanes of at least 4 members (excludes halogenated alkanes) is 1. The minimum Gasteiger partial charge on any atom is -0.105 e. The van der Waals surface area contributed by atoms with E-state index in [1.807, 2.05) is 0 Å². The number of hydrogen-bond acceptors (Lipinski definition) is 0. The van der Waals surface area contributed by atoms with Crippen molar-refractivity contribution in [3.05, 3.63) is 0 Å². The maximum Gasteiger partial charge on any atom is 0.108 e. The first-order chi connectivity index (χ1) is 4.66. The second kappa shape index (κ2) is 6.30. The predicted octanol–water partition coefficient (Wildman–Crippen LogP) is 4.01. The first kappa shape index (κ1) is 10.6. The summed E-state index contributed by atoms with van der Waals surface area (Å²) in [7, 11) is 0. The summed E-state index contributed by atoms with van der Waals surface area (Å²) in [4.78, 5) is -0.174. The standard InChI is InChI=1S/C8H16Cl2/c1-3-4-5-7(2)6-8(9)10/h7-8H,3-6H2,1-2H3. The lowest BCUT2D eigenvalue weighted by Gasteiger charge is -2.09. The molecule has 0 radical (unpaired) electrons. The van der Waals surface area contributed by atoms with Gasteiger partial charge in [-0.1, -0.05) is 33.1 Å². The van der Waals surface area contributed by atoms with E-state index < -0.39 is 0 Å². The summed E-state index contributed by atoms with van der Waals surface area (Å²) in [5.74, 6) is 0.681. The Morgan fingerprint density at radius 3 is 2.30 bits per heavy atom. The molecular formula is C8H16Cl2. The lowest BCUT2D eigenvalue weighted by molar-refractivity contribution is 0.486. The van der Waals surface area contributed by atoms with Crippen LogP contribution in [0.15, 0.2) is 0 Å². The first-order valence-electron chi connectivity index (χ1n) is 3.95. The lowest BCUT2D eigenvalue weighted by atomic mass is 10.0. The molecule has 0 aromatic heterocycles. The van der Waals surface area contributed by atoms with Gasteiger partial charge in [0.05, 0.1) is 0 Å². The Balaban J connectivity index is 3.16. The lowest BCUT2D eigenvalue weighted by Crippen LogP contribution is -1.99. The van der Waals surface area contributed by atoms with Crippen LogP contribution in [0.3, 0.4) is 0 Å². The summed E-state index contributed by atoms with van der Waals surface area (Å²) in [5.41, 5.74) is 0. The van der Waals surface area contributed by atoms with Crippen molar-refractivity contribution in [2.75, 3.05) is 0 Å². The zero-order chi connectivity index (χ0) is 7.98. The van der Waals surface area contributed by atoms with Gasteiger partial charge in [-0.05, 0) is 12.3 Å². The molecule has 2 heteroatoms. The second-order valence-corrected chi connectivity index (χ2v) is 4.15. The Hall–Kier alpha value is 0.580. The van der Waals surface area contributed by atoms with Crippen LogP contribution in [0.2, 0.25) is 0 Å². The minimum atomic E-state index is -0.174. The van der Waals surface area contributed by atoms with Gasteiger partial charge in [-0.2, -0.15) is 0 Å². The monoisotopic (exact) mass is 182 g/mol. The third kappa shape index (κ3) is 6.70. The van der Waals surface area contributed by atoms with E-state index in [1.165, 1.54) is 19.3 Å². The number of halogens is 2. The highest BCUT2D eigenvalue weighted by Gasteiger charge is 2.06. The van der Waals surface area contributed by atoms with E-state index in [9.17, 15) is 0 Å². The quantitative estimate of drug-likeness (QED) is 0.565. The molecule has 0 rings (SSSR count). The average Bonchev–Trinajstić information content (AvgIpc) is 1.82. The third-order valence-corrected chi connectivity index (χ3v) is 1.99. The molecule has 10 heavy (non-hydrogen) atoms. The van der Waals surface area contributed by atoms with Crippen molar-refractivity contribution >= 4 is 23.2 Å². The fraction of sp³-hybridized carbons (Fsp3) is 1.00. The van der Waals surface area contributed by atoms with Crippen LogP contribution in [0.4, 0.5) is 0 Å². The van der Waals surface area contributed by atoms with Crippen molar-refractivity contribution in [1.82, 2.24) is 0 Å². The van der Waals surface area contributed by atoms with Crippen molar-refractivity contribution in [3.63, 3.8) is 0 Å². The van der Waals surface area contributed by atoms with E-state index in [1.54, 1.807) is 0 Å². The summed E-state index contributed by atoms with van der Waals surface area (Å²) in [5, 5.41) is 0. The van der Waals surface area contributed by atoms with Gasteiger partial charge in [0.15, 0.2) is 0 Å². The molecule has 0 N–H and O–H groups in total. The highest BCUT2D eigenvalue weighted by molar-refractivity contribution is 6.44.